The largest absolute Gasteiger partial charge is 0.488 e. The average Bonchev–Trinajstić information content (AvgIpc) is 2.93. The van der Waals surface area contributed by atoms with E-state index in [0.717, 1.165) is 45.9 Å². The molecule has 196 valence electrons. The van der Waals surface area contributed by atoms with Gasteiger partial charge in [0, 0.05) is 56.0 Å². The van der Waals surface area contributed by atoms with Crippen LogP contribution >= 0.6 is 23.2 Å². The van der Waals surface area contributed by atoms with Crippen LogP contribution in [0.1, 0.15) is 6.42 Å². The smallest absolute Gasteiger partial charge is 0.166 e. The van der Waals surface area contributed by atoms with Crippen molar-refractivity contribution in [2.24, 2.45) is 11.8 Å². The highest BCUT2D eigenvalue weighted by atomic mass is 35.5. The second kappa shape index (κ2) is 10.7. The van der Waals surface area contributed by atoms with Crippen molar-refractivity contribution < 1.29 is 18.6 Å². The molecule has 0 spiro atoms. The van der Waals surface area contributed by atoms with Crippen molar-refractivity contribution in [1.29, 1.82) is 0 Å². The molecule has 2 aromatic carbocycles. The topological polar surface area (TPSA) is 80.8 Å². The molecule has 1 aliphatic carbocycles. The lowest BCUT2D eigenvalue weighted by atomic mass is 9.69. The van der Waals surface area contributed by atoms with Crippen LogP contribution in [0.2, 0.25) is 10.0 Å². The molecule has 1 aromatic heterocycles. The minimum absolute atomic E-state index is 0.133. The van der Waals surface area contributed by atoms with Crippen molar-refractivity contribution in [2.75, 3.05) is 57.9 Å². The summed E-state index contributed by atoms with van der Waals surface area (Å²) >= 11 is 12.0. The first-order valence-corrected chi connectivity index (χ1v) is 13.3. The Kier molecular flexibility index (Phi) is 7.23. The van der Waals surface area contributed by atoms with Gasteiger partial charge in [-0.3, -0.25) is 4.90 Å². The van der Waals surface area contributed by atoms with Crippen LogP contribution in [0, 0.1) is 17.7 Å². The molecule has 11 heteroatoms. The third kappa shape index (κ3) is 5.15. The maximum atomic E-state index is 14.8. The van der Waals surface area contributed by atoms with Gasteiger partial charge in [0.1, 0.15) is 24.9 Å². The number of fused-ring (bicyclic) bond motifs is 3. The van der Waals surface area contributed by atoms with E-state index < -0.39 is 5.82 Å². The summed E-state index contributed by atoms with van der Waals surface area (Å²) in [4.78, 5) is 11.1. The van der Waals surface area contributed by atoms with Crippen LogP contribution in [-0.4, -0.2) is 73.5 Å². The molecule has 3 atom stereocenters. The second-order valence-corrected chi connectivity index (χ2v) is 10.5. The van der Waals surface area contributed by atoms with E-state index in [9.17, 15) is 4.39 Å². The summed E-state index contributed by atoms with van der Waals surface area (Å²) in [5.74, 6) is 2.03. The Morgan fingerprint density at radius 2 is 1.92 bits per heavy atom. The van der Waals surface area contributed by atoms with E-state index in [0.29, 0.717) is 46.7 Å². The molecule has 2 aliphatic heterocycles. The molecule has 2 bridgehead atoms. The highest BCUT2D eigenvalue weighted by Gasteiger charge is 2.45. The quantitative estimate of drug-likeness (QED) is 0.398. The Hall–Kier alpha value is -2.43. The van der Waals surface area contributed by atoms with Gasteiger partial charge in [-0.2, -0.15) is 0 Å². The lowest BCUT2D eigenvalue weighted by Gasteiger charge is -2.49. The summed E-state index contributed by atoms with van der Waals surface area (Å²) in [5.41, 5.74) is 0.824. The van der Waals surface area contributed by atoms with E-state index in [2.05, 4.69) is 25.5 Å². The van der Waals surface area contributed by atoms with Gasteiger partial charge >= 0.3 is 0 Å². The van der Waals surface area contributed by atoms with Crippen molar-refractivity contribution >= 4 is 45.6 Å². The monoisotopic (exact) mass is 547 g/mol. The van der Waals surface area contributed by atoms with Gasteiger partial charge in [-0.1, -0.05) is 23.2 Å². The number of nitrogens with one attached hydrogen (secondary N) is 2. The van der Waals surface area contributed by atoms with Crippen LogP contribution in [0.15, 0.2) is 30.6 Å². The van der Waals surface area contributed by atoms with Crippen LogP contribution in [-0.2, 0) is 4.74 Å². The number of aromatic nitrogens is 2. The van der Waals surface area contributed by atoms with E-state index >= 15 is 0 Å². The SMILES string of the molecule is Fc1c(Nc2ncnc3cc(OCCN4CCOCC4)c(O[C@@H]4[C@@H]5CNC[C@H]4C5)cc23)ccc(Cl)c1Cl. The first-order valence-electron chi connectivity index (χ1n) is 12.6. The molecule has 1 saturated carbocycles. The van der Waals surface area contributed by atoms with Crippen molar-refractivity contribution in [2.45, 2.75) is 12.5 Å². The maximum absolute atomic E-state index is 14.8. The highest BCUT2D eigenvalue weighted by Crippen LogP contribution is 2.43. The Morgan fingerprint density at radius 3 is 2.70 bits per heavy atom. The van der Waals surface area contributed by atoms with Gasteiger partial charge < -0.3 is 24.8 Å². The number of anilines is 2. The zero-order chi connectivity index (χ0) is 25.4. The van der Waals surface area contributed by atoms with Crippen LogP contribution in [0.25, 0.3) is 10.9 Å². The Labute approximate surface area is 224 Å². The maximum Gasteiger partial charge on any atom is 0.166 e. The summed E-state index contributed by atoms with van der Waals surface area (Å²) in [6, 6.07) is 6.82. The summed E-state index contributed by atoms with van der Waals surface area (Å²) < 4.78 is 33.0. The highest BCUT2D eigenvalue weighted by molar-refractivity contribution is 6.42. The fraction of sp³-hybridized carbons (Fsp3) is 0.462. The number of hydrogen-bond donors (Lipinski definition) is 2. The lowest BCUT2D eigenvalue weighted by Crippen LogP contribution is -2.59. The molecule has 37 heavy (non-hydrogen) atoms. The van der Waals surface area contributed by atoms with Crippen molar-refractivity contribution in [3.05, 3.63) is 46.5 Å². The number of piperidine rings is 2. The van der Waals surface area contributed by atoms with Gasteiger partial charge in [-0.25, -0.2) is 14.4 Å². The second-order valence-electron chi connectivity index (χ2n) is 9.69. The van der Waals surface area contributed by atoms with E-state index in [1.54, 1.807) is 0 Å². The molecule has 3 aromatic rings. The molecule has 0 unspecified atom stereocenters. The standard InChI is InChI=1S/C26H28Cl2FN5O3/c27-18-1-2-19(24(29)23(18)28)33-26-17-10-22(37-25-15-9-16(25)13-30-12-15)21(11-20(17)31-14-32-26)36-8-5-34-3-6-35-7-4-34/h1-2,10-11,14-16,25,30H,3-9,12-13H2,(H,31,32,33)/t15-,16+,25+. The number of halogens is 3. The summed E-state index contributed by atoms with van der Waals surface area (Å²) in [6.07, 6.45) is 2.74. The Bertz CT molecular complexity index is 1280. The van der Waals surface area contributed by atoms with Gasteiger partial charge in [-0.05, 0) is 24.6 Å². The average molecular weight is 548 g/mol. The summed E-state index contributed by atoms with van der Waals surface area (Å²) in [6.45, 7) is 6.51. The fourth-order valence-corrected chi connectivity index (χ4v) is 5.58. The van der Waals surface area contributed by atoms with Gasteiger partial charge in [0.2, 0.25) is 0 Å². The Balaban J connectivity index is 1.30. The molecule has 0 amide bonds. The van der Waals surface area contributed by atoms with Gasteiger partial charge in [0.15, 0.2) is 17.3 Å². The van der Waals surface area contributed by atoms with Crippen molar-refractivity contribution in [1.82, 2.24) is 20.2 Å². The predicted octanol–water partition coefficient (Wildman–Crippen LogP) is 4.52. The molecule has 3 fully saturated rings. The molecular formula is C26H28Cl2FN5O3. The number of nitrogens with zero attached hydrogens (tertiary/aromatic N) is 3. The van der Waals surface area contributed by atoms with Gasteiger partial charge in [-0.15, -0.1) is 0 Å². The zero-order valence-electron chi connectivity index (χ0n) is 20.2. The molecule has 6 rings (SSSR count). The molecule has 2 saturated heterocycles. The van der Waals surface area contributed by atoms with Crippen LogP contribution in [0.4, 0.5) is 15.9 Å². The van der Waals surface area contributed by atoms with E-state index in [-0.39, 0.29) is 21.8 Å². The zero-order valence-corrected chi connectivity index (χ0v) is 21.7. The van der Waals surface area contributed by atoms with Crippen molar-refractivity contribution in [3.63, 3.8) is 0 Å². The normalized spacial score (nSPS) is 23.5. The number of ether oxygens (including phenoxy) is 3. The Morgan fingerprint density at radius 1 is 1.11 bits per heavy atom. The summed E-state index contributed by atoms with van der Waals surface area (Å²) in [7, 11) is 0. The van der Waals surface area contributed by atoms with Gasteiger partial charge in [0.05, 0.1) is 34.5 Å². The van der Waals surface area contributed by atoms with Crippen LogP contribution < -0.4 is 20.1 Å². The molecular weight excluding hydrogens is 520 g/mol. The van der Waals surface area contributed by atoms with Crippen LogP contribution in [0.5, 0.6) is 11.5 Å². The molecule has 2 N–H and O–H groups in total. The van der Waals surface area contributed by atoms with Gasteiger partial charge in [0.25, 0.3) is 0 Å². The molecule has 8 nitrogen and oxygen atoms in total. The third-order valence-corrected chi connectivity index (χ3v) is 8.15. The van der Waals surface area contributed by atoms with E-state index in [1.807, 2.05) is 12.1 Å². The first kappa shape index (κ1) is 24.9. The lowest BCUT2D eigenvalue weighted by molar-refractivity contribution is -0.0459. The molecule has 3 aliphatic rings. The number of morpholine rings is 1. The number of rotatable bonds is 8. The predicted molar refractivity (Wildman–Crippen MR) is 141 cm³/mol. The molecule has 0 radical (unpaired) electrons. The number of hydrogen-bond acceptors (Lipinski definition) is 8. The minimum Gasteiger partial charge on any atom is -0.488 e. The fourth-order valence-electron chi connectivity index (χ4n) is 5.27. The van der Waals surface area contributed by atoms with E-state index in [4.69, 9.17) is 37.4 Å². The van der Waals surface area contributed by atoms with Crippen molar-refractivity contribution in [3.8, 4) is 11.5 Å². The van der Waals surface area contributed by atoms with Crippen LogP contribution in [0.3, 0.4) is 0 Å². The third-order valence-electron chi connectivity index (χ3n) is 7.37. The minimum atomic E-state index is -0.643. The first-order chi connectivity index (χ1) is 18.1. The van der Waals surface area contributed by atoms with E-state index in [1.165, 1.54) is 24.9 Å². The summed E-state index contributed by atoms with van der Waals surface area (Å²) in [5, 5.41) is 7.18. The number of benzene rings is 2. The molecule has 3 heterocycles.